The van der Waals surface area contributed by atoms with E-state index in [-0.39, 0.29) is 17.7 Å². The molecule has 1 aromatic rings. The first kappa shape index (κ1) is 13.5. The maximum Gasteiger partial charge on any atom is 0.262 e. The second-order valence-electron chi connectivity index (χ2n) is 6.02. The lowest BCUT2D eigenvalue weighted by Gasteiger charge is -2.28. The maximum absolute atomic E-state index is 12.6. The summed E-state index contributed by atoms with van der Waals surface area (Å²) in [5, 5.41) is 6.00. The number of hydrogen-bond acceptors (Lipinski definition) is 4. The molecule has 0 aromatic heterocycles. The first-order valence-electron chi connectivity index (χ1n) is 7.69. The van der Waals surface area contributed by atoms with Gasteiger partial charge in [-0.2, -0.15) is 0 Å². The molecule has 3 amide bonds. The van der Waals surface area contributed by atoms with Crippen LogP contribution in [0.4, 0.5) is 0 Å². The van der Waals surface area contributed by atoms with E-state index in [0.29, 0.717) is 30.6 Å². The summed E-state index contributed by atoms with van der Waals surface area (Å²) in [4.78, 5) is 38.5. The molecular formula is C16H17N3O3. The highest BCUT2D eigenvalue weighted by molar-refractivity contribution is 6.23. The molecular weight excluding hydrogens is 282 g/mol. The highest BCUT2D eigenvalue weighted by Crippen LogP contribution is 2.30. The number of nitrogens with zero attached hydrogens (tertiary/aromatic N) is 1. The molecule has 6 heteroatoms. The van der Waals surface area contributed by atoms with Crippen LogP contribution in [-0.2, 0) is 17.8 Å². The molecule has 0 bridgehead atoms. The van der Waals surface area contributed by atoms with Crippen molar-refractivity contribution < 1.29 is 14.4 Å². The van der Waals surface area contributed by atoms with E-state index in [1.54, 1.807) is 0 Å². The first-order valence-corrected chi connectivity index (χ1v) is 7.69. The third-order valence-corrected chi connectivity index (χ3v) is 4.69. The Hall–Kier alpha value is -2.21. The van der Waals surface area contributed by atoms with Crippen LogP contribution in [0, 0.1) is 0 Å². The van der Waals surface area contributed by atoms with Gasteiger partial charge in [0.1, 0.15) is 6.04 Å². The Morgan fingerprint density at radius 1 is 1.00 bits per heavy atom. The highest BCUT2D eigenvalue weighted by Gasteiger charge is 2.43. The Bertz CT molecular complexity index is 653. The quantitative estimate of drug-likeness (QED) is 0.727. The molecule has 0 aliphatic carbocycles. The van der Waals surface area contributed by atoms with Gasteiger partial charge in [0.05, 0.1) is 11.1 Å². The van der Waals surface area contributed by atoms with Crippen LogP contribution < -0.4 is 10.6 Å². The Morgan fingerprint density at radius 2 is 1.73 bits per heavy atom. The van der Waals surface area contributed by atoms with Crippen molar-refractivity contribution in [3.8, 4) is 0 Å². The second kappa shape index (κ2) is 4.91. The lowest BCUT2D eigenvalue weighted by atomic mass is 9.95. The largest absolute Gasteiger partial charge is 0.354 e. The second-order valence-corrected chi connectivity index (χ2v) is 6.02. The number of nitrogens with one attached hydrogen (secondary N) is 2. The van der Waals surface area contributed by atoms with E-state index in [1.165, 1.54) is 0 Å². The number of hydrogen-bond donors (Lipinski definition) is 2. The topological polar surface area (TPSA) is 78.5 Å². The van der Waals surface area contributed by atoms with Crippen molar-refractivity contribution in [2.75, 3.05) is 13.1 Å². The van der Waals surface area contributed by atoms with Gasteiger partial charge in [-0.1, -0.05) is 0 Å². The van der Waals surface area contributed by atoms with Gasteiger partial charge in [-0.3, -0.25) is 19.3 Å². The van der Waals surface area contributed by atoms with Crippen LogP contribution in [0.1, 0.15) is 44.7 Å². The maximum atomic E-state index is 12.6. The van der Waals surface area contributed by atoms with Gasteiger partial charge in [0.15, 0.2) is 0 Å². The minimum Gasteiger partial charge on any atom is -0.354 e. The van der Waals surface area contributed by atoms with Gasteiger partial charge in [0.2, 0.25) is 5.91 Å². The van der Waals surface area contributed by atoms with Crippen molar-refractivity contribution in [1.82, 2.24) is 15.5 Å². The predicted octanol–water partition coefficient (Wildman–Crippen LogP) is 0.207. The summed E-state index contributed by atoms with van der Waals surface area (Å²) in [6.45, 7) is 2.20. The number of benzene rings is 1. The first-order chi connectivity index (χ1) is 10.7. The number of carbonyl (C=O) groups excluding carboxylic acids is 3. The van der Waals surface area contributed by atoms with Crippen LogP contribution >= 0.6 is 0 Å². The molecule has 114 valence electrons. The molecule has 1 atom stereocenters. The zero-order valence-electron chi connectivity index (χ0n) is 12.1. The Balaban J connectivity index is 1.74. The fourth-order valence-corrected chi connectivity index (χ4v) is 3.52. The van der Waals surface area contributed by atoms with Crippen LogP contribution in [0.5, 0.6) is 0 Å². The normalized spacial score (nSPS) is 24.1. The molecule has 4 rings (SSSR count). The summed E-state index contributed by atoms with van der Waals surface area (Å²) in [5.41, 5.74) is 3.07. The molecule has 6 nitrogen and oxygen atoms in total. The predicted molar refractivity (Wildman–Crippen MR) is 78.4 cm³/mol. The Kier molecular flexibility index (Phi) is 3.00. The lowest BCUT2D eigenvalue weighted by Crippen LogP contribution is -2.52. The summed E-state index contributed by atoms with van der Waals surface area (Å²) < 4.78 is 0. The minimum absolute atomic E-state index is 0.229. The Morgan fingerprint density at radius 3 is 2.45 bits per heavy atom. The van der Waals surface area contributed by atoms with Crippen molar-refractivity contribution in [1.29, 1.82) is 0 Å². The SMILES string of the molecule is O=C1NCCC[C@H]1N1C(=O)c2cc3c(cc2C1=O)CNCC3. The van der Waals surface area contributed by atoms with E-state index >= 15 is 0 Å². The summed E-state index contributed by atoms with van der Waals surface area (Å²) in [6.07, 6.45) is 2.18. The summed E-state index contributed by atoms with van der Waals surface area (Å²) in [7, 11) is 0. The number of fused-ring (bicyclic) bond motifs is 2. The molecule has 3 aliphatic rings. The van der Waals surface area contributed by atoms with Gasteiger partial charge in [0, 0.05) is 13.1 Å². The number of imide groups is 1. The molecule has 22 heavy (non-hydrogen) atoms. The van der Waals surface area contributed by atoms with Gasteiger partial charge in [-0.15, -0.1) is 0 Å². The van der Waals surface area contributed by atoms with E-state index in [9.17, 15) is 14.4 Å². The number of amides is 3. The van der Waals surface area contributed by atoms with Crippen molar-refractivity contribution in [2.45, 2.75) is 31.8 Å². The average Bonchev–Trinajstić information content (AvgIpc) is 2.77. The van der Waals surface area contributed by atoms with Gasteiger partial charge in [-0.05, 0) is 49.1 Å². The van der Waals surface area contributed by atoms with Gasteiger partial charge in [0.25, 0.3) is 11.8 Å². The van der Waals surface area contributed by atoms with E-state index < -0.39 is 6.04 Å². The molecule has 0 radical (unpaired) electrons. The molecule has 0 saturated carbocycles. The molecule has 0 spiro atoms. The highest BCUT2D eigenvalue weighted by atomic mass is 16.2. The lowest BCUT2D eigenvalue weighted by molar-refractivity contribution is -0.126. The summed E-state index contributed by atoms with van der Waals surface area (Å²) in [6, 6.07) is 2.99. The van der Waals surface area contributed by atoms with Gasteiger partial charge >= 0.3 is 0 Å². The van der Waals surface area contributed by atoms with Crippen LogP contribution in [0.15, 0.2) is 12.1 Å². The zero-order chi connectivity index (χ0) is 15.3. The molecule has 2 N–H and O–H groups in total. The third-order valence-electron chi connectivity index (χ3n) is 4.69. The molecule has 3 heterocycles. The van der Waals surface area contributed by atoms with Crippen LogP contribution in [-0.4, -0.2) is 41.8 Å². The number of piperidine rings is 1. The van der Waals surface area contributed by atoms with Crippen LogP contribution in [0.2, 0.25) is 0 Å². The monoisotopic (exact) mass is 299 g/mol. The smallest absolute Gasteiger partial charge is 0.262 e. The van der Waals surface area contributed by atoms with E-state index in [1.807, 2.05) is 12.1 Å². The molecule has 1 fully saturated rings. The molecule has 1 saturated heterocycles. The number of carbonyl (C=O) groups is 3. The molecule has 0 unspecified atom stereocenters. The average molecular weight is 299 g/mol. The van der Waals surface area contributed by atoms with Crippen molar-refractivity contribution in [3.63, 3.8) is 0 Å². The van der Waals surface area contributed by atoms with Crippen molar-refractivity contribution in [2.24, 2.45) is 0 Å². The van der Waals surface area contributed by atoms with Gasteiger partial charge in [-0.25, -0.2) is 0 Å². The van der Waals surface area contributed by atoms with Gasteiger partial charge < -0.3 is 10.6 Å². The standard InChI is InChI=1S/C16H17N3O3/c20-14-13(2-1-4-18-14)19-15(21)11-6-9-3-5-17-8-10(9)7-12(11)16(19)22/h6-7,13,17H,1-5,8H2,(H,18,20)/t13-/m1/s1. The molecule has 3 aliphatic heterocycles. The minimum atomic E-state index is -0.670. The summed E-state index contributed by atoms with van der Waals surface area (Å²) >= 11 is 0. The van der Waals surface area contributed by atoms with E-state index in [4.69, 9.17) is 0 Å². The fraction of sp³-hybridized carbons (Fsp3) is 0.438. The van der Waals surface area contributed by atoms with E-state index in [0.717, 1.165) is 35.4 Å². The van der Waals surface area contributed by atoms with E-state index in [2.05, 4.69) is 10.6 Å². The third kappa shape index (κ3) is 1.87. The fourth-order valence-electron chi connectivity index (χ4n) is 3.52. The van der Waals surface area contributed by atoms with Crippen molar-refractivity contribution in [3.05, 3.63) is 34.4 Å². The Labute approximate surface area is 127 Å². The van der Waals surface area contributed by atoms with Crippen molar-refractivity contribution >= 4 is 17.7 Å². The summed E-state index contributed by atoms with van der Waals surface area (Å²) in [5.74, 6) is -0.897. The molecule has 1 aromatic carbocycles. The number of rotatable bonds is 1. The van der Waals surface area contributed by atoms with Crippen LogP contribution in [0.25, 0.3) is 0 Å². The zero-order valence-corrected chi connectivity index (χ0v) is 12.1. The van der Waals surface area contributed by atoms with Crippen LogP contribution in [0.3, 0.4) is 0 Å².